The summed E-state index contributed by atoms with van der Waals surface area (Å²) >= 11 is 0. The lowest BCUT2D eigenvalue weighted by Gasteiger charge is -2.29. The molecule has 3 rings (SSSR count). The number of phenolic OH excluding ortho intramolecular Hbond substituents is 1. The van der Waals surface area contributed by atoms with Crippen LogP contribution in [0.5, 0.6) is 5.75 Å². The first-order valence-electron chi connectivity index (χ1n) is 7.01. The van der Waals surface area contributed by atoms with E-state index < -0.39 is 0 Å². The smallest absolute Gasteiger partial charge is 0.256 e. The van der Waals surface area contributed by atoms with Gasteiger partial charge in [-0.1, -0.05) is 18.2 Å². The van der Waals surface area contributed by atoms with Crippen LogP contribution in [0, 0.1) is 6.92 Å². The maximum Gasteiger partial charge on any atom is 0.256 e. The summed E-state index contributed by atoms with van der Waals surface area (Å²) in [5.41, 5.74) is 10.1. The first-order valence-corrected chi connectivity index (χ1v) is 7.01. The van der Waals surface area contributed by atoms with E-state index in [9.17, 15) is 9.90 Å². The number of phenols is 1. The zero-order valence-electron chi connectivity index (χ0n) is 12.0. The van der Waals surface area contributed by atoms with Gasteiger partial charge in [0, 0.05) is 18.8 Å². The van der Waals surface area contributed by atoms with E-state index in [-0.39, 0.29) is 11.7 Å². The lowest BCUT2D eigenvalue weighted by molar-refractivity contribution is 0.0735. The molecule has 0 fully saturated rings. The molecule has 0 saturated heterocycles. The molecule has 1 aliphatic heterocycles. The molecule has 0 aliphatic carbocycles. The van der Waals surface area contributed by atoms with Crippen LogP contribution < -0.4 is 5.73 Å². The number of rotatable bonds is 1. The monoisotopic (exact) mass is 282 g/mol. The number of hydrogen-bond donors (Lipinski definition) is 2. The number of nitrogens with two attached hydrogens (primary N) is 1. The predicted octanol–water partition coefficient (Wildman–Crippen LogP) is 2.48. The third kappa shape index (κ3) is 2.44. The van der Waals surface area contributed by atoms with E-state index in [2.05, 4.69) is 0 Å². The number of anilines is 1. The number of carbonyl (C=O) groups is 1. The van der Waals surface area contributed by atoms with Gasteiger partial charge >= 0.3 is 0 Å². The molecule has 2 aromatic rings. The molecule has 108 valence electrons. The van der Waals surface area contributed by atoms with E-state index in [1.165, 1.54) is 5.56 Å². The van der Waals surface area contributed by atoms with Gasteiger partial charge in [-0.3, -0.25) is 4.79 Å². The Labute approximate surface area is 123 Å². The highest BCUT2D eigenvalue weighted by molar-refractivity contribution is 6.00. The summed E-state index contributed by atoms with van der Waals surface area (Å²) in [5, 5.41) is 9.59. The number of hydrogen-bond acceptors (Lipinski definition) is 3. The Kier molecular flexibility index (Phi) is 3.29. The summed E-state index contributed by atoms with van der Waals surface area (Å²) < 4.78 is 0. The van der Waals surface area contributed by atoms with Crippen molar-refractivity contribution in [3.8, 4) is 5.75 Å². The zero-order valence-corrected chi connectivity index (χ0v) is 12.0. The number of aryl methyl sites for hydroxylation is 1. The molecular formula is C17H18N2O2. The topological polar surface area (TPSA) is 66.6 Å². The van der Waals surface area contributed by atoms with Crippen LogP contribution in [0.4, 0.5) is 5.69 Å². The van der Waals surface area contributed by atoms with Gasteiger partial charge in [0.1, 0.15) is 5.75 Å². The number of carbonyl (C=O) groups excluding carboxylic acids is 1. The molecule has 0 atom stereocenters. The molecule has 4 nitrogen and oxygen atoms in total. The number of nitrogens with zero attached hydrogens (tertiary/aromatic N) is 1. The highest BCUT2D eigenvalue weighted by atomic mass is 16.3. The maximum absolute atomic E-state index is 12.7. The molecule has 1 aliphatic rings. The first-order chi connectivity index (χ1) is 10.1. The van der Waals surface area contributed by atoms with Crippen LogP contribution in [0.15, 0.2) is 36.4 Å². The second-order valence-electron chi connectivity index (χ2n) is 5.47. The summed E-state index contributed by atoms with van der Waals surface area (Å²) in [6.45, 7) is 3.08. The lowest BCUT2D eigenvalue weighted by atomic mass is 9.98. The van der Waals surface area contributed by atoms with Crippen molar-refractivity contribution in [1.29, 1.82) is 0 Å². The van der Waals surface area contributed by atoms with Crippen molar-refractivity contribution < 1.29 is 9.90 Å². The molecular weight excluding hydrogens is 264 g/mol. The van der Waals surface area contributed by atoms with Crippen LogP contribution in [-0.2, 0) is 13.0 Å². The van der Waals surface area contributed by atoms with Gasteiger partial charge in [-0.05, 0) is 48.2 Å². The third-order valence-electron chi connectivity index (χ3n) is 4.01. The standard InChI is InChI=1S/C17H18N2O2/c1-11-3-2-4-15(18)16(11)17(21)19-8-7-12-5-6-14(20)9-13(12)10-19/h2-6,9,20H,7-8,10,18H2,1H3. The summed E-state index contributed by atoms with van der Waals surface area (Å²) in [6.07, 6.45) is 0.799. The Morgan fingerprint density at radius 1 is 1.24 bits per heavy atom. The second-order valence-corrected chi connectivity index (χ2v) is 5.47. The minimum atomic E-state index is -0.0420. The predicted molar refractivity (Wildman–Crippen MR) is 82.1 cm³/mol. The largest absolute Gasteiger partial charge is 0.508 e. The van der Waals surface area contributed by atoms with Gasteiger partial charge < -0.3 is 15.7 Å². The van der Waals surface area contributed by atoms with E-state index in [0.29, 0.717) is 24.3 Å². The number of benzene rings is 2. The normalized spacial score (nSPS) is 13.9. The van der Waals surface area contributed by atoms with E-state index >= 15 is 0 Å². The molecule has 1 heterocycles. The molecule has 4 heteroatoms. The van der Waals surface area contributed by atoms with Crippen molar-refractivity contribution in [1.82, 2.24) is 4.90 Å². The molecule has 0 radical (unpaired) electrons. The lowest BCUT2D eigenvalue weighted by Crippen LogP contribution is -2.36. The van der Waals surface area contributed by atoms with Crippen molar-refractivity contribution in [2.45, 2.75) is 19.9 Å². The van der Waals surface area contributed by atoms with Gasteiger partial charge in [0.15, 0.2) is 0 Å². The summed E-state index contributed by atoms with van der Waals surface area (Å²) in [4.78, 5) is 14.5. The average Bonchev–Trinajstić information content (AvgIpc) is 2.46. The number of amides is 1. The van der Waals surface area contributed by atoms with Gasteiger partial charge in [0.2, 0.25) is 0 Å². The Balaban J connectivity index is 1.91. The van der Waals surface area contributed by atoms with Crippen molar-refractivity contribution in [2.24, 2.45) is 0 Å². The van der Waals surface area contributed by atoms with Crippen LogP contribution in [0.3, 0.4) is 0 Å². The van der Waals surface area contributed by atoms with E-state index in [1.807, 2.05) is 25.1 Å². The number of nitrogen functional groups attached to an aromatic ring is 1. The van der Waals surface area contributed by atoms with Crippen LogP contribution in [0.25, 0.3) is 0 Å². The minimum absolute atomic E-state index is 0.0420. The molecule has 0 aromatic heterocycles. The summed E-state index contributed by atoms with van der Waals surface area (Å²) in [7, 11) is 0. The summed E-state index contributed by atoms with van der Waals surface area (Å²) in [6, 6.07) is 10.8. The molecule has 2 aromatic carbocycles. The first kappa shape index (κ1) is 13.5. The van der Waals surface area contributed by atoms with Crippen molar-refractivity contribution in [3.63, 3.8) is 0 Å². The molecule has 0 bridgehead atoms. The van der Waals surface area contributed by atoms with Crippen molar-refractivity contribution >= 4 is 11.6 Å². The van der Waals surface area contributed by atoms with Crippen LogP contribution in [0.2, 0.25) is 0 Å². The zero-order chi connectivity index (χ0) is 15.0. The van der Waals surface area contributed by atoms with Crippen LogP contribution >= 0.6 is 0 Å². The fourth-order valence-corrected chi connectivity index (χ4v) is 2.86. The Morgan fingerprint density at radius 3 is 2.81 bits per heavy atom. The minimum Gasteiger partial charge on any atom is -0.508 e. The van der Waals surface area contributed by atoms with Gasteiger partial charge in [-0.2, -0.15) is 0 Å². The highest BCUT2D eigenvalue weighted by Crippen LogP contribution is 2.26. The molecule has 0 saturated carbocycles. The molecule has 0 unspecified atom stereocenters. The highest BCUT2D eigenvalue weighted by Gasteiger charge is 2.24. The Bertz CT molecular complexity index is 690. The van der Waals surface area contributed by atoms with Gasteiger partial charge in [0.25, 0.3) is 5.91 Å². The molecule has 3 N–H and O–H groups in total. The second kappa shape index (κ2) is 5.13. The van der Waals surface area contributed by atoms with Crippen molar-refractivity contribution in [3.05, 3.63) is 58.7 Å². The van der Waals surface area contributed by atoms with Crippen LogP contribution in [0.1, 0.15) is 27.0 Å². The Hall–Kier alpha value is -2.49. The fourth-order valence-electron chi connectivity index (χ4n) is 2.86. The third-order valence-corrected chi connectivity index (χ3v) is 4.01. The number of aromatic hydroxyl groups is 1. The van der Waals surface area contributed by atoms with Gasteiger partial charge in [-0.15, -0.1) is 0 Å². The van der Waals surface area contributed by atoms with E-state index in [1.54, 1.807) is 23.1 Å². The fraction of sp³-hybridized carbons (Fsp3) is 0.235. The van der Waals surface area contributed by atoms with E-state index in [4.69, 9.17) is 5.73 Å². The Morgan fingerprint density at radius 2 is 2.05 bits per heavy atom. The quantitative estimate of drug-likeness (QED) is 0.790. The SMILES string of the molecule is Cc1cccc(N)c1C(=O)N1CCc2ccc(O)cc2C1. The van der Waals surface area contributed by atoms with Gasteiger partial charge in [-0.25, -0.2) is 0 Å². The van der Waals surface area contributed by atoms with Crippen LogP contribution in [-0.4, -0.2) is 22.5 Å². The van der Waals surface area contributed by atoms with Crippen molar-refractivity contribution in [2.75, 3.05) is 12.3 Å². The maximum atomic E-state index is 12.7. The molecule has 0 spiro atoms. The molecule has 21 heavy (non-hydrogen) atoms. The average molecular weight is 282 g/mol. The molecule has 1 amide bonds. The number of fused-ring (bicyclic) bond motifs is 1. The van der Waals surface area contributed by atoms with Gasteiger partial charge in [0.05, 0.1) is 5.56 Å². The van der Waals surface area contributed by atoms with E-state index in [0.717, 1.165) is 17.5 Å². The summed E-state index contributed by atoms with van der Waals surface area (Å²) in [5.74, 6) is 0.193.